The first-order chi connectivity index (χ1) is 5.77. The van der Waals surface area contributed by atoms with Gasteiger partial charge in [-0.15, -0.1) is 0 Å². The van der Waals surface area contributed by atoms with Gasteiger partial charge in [0.05, 0.1) is 11.4 Å². The molecule has 1 aromatic rings. The average molecular weight is 160 g/mol. The van der Waals surface area contributed by atoms with Gasteiger partial charge in [0.15, 0.2) is 0 Å². The van der Waals surface area contributed by atoms with Crippen molar-refractivity contribution in [2.75, 3.05) is 5.73 Å². The zero-order valence-corrected chi connectivity index (χ0v) is 7.12. The fourth-order valence-electron chi connectivity index (χ4n) is 1.53. The first kappa shape index (κ1) is 7.35. The van der Waals surface area contributed by atoms with Gasteiger partial charge in [-0.1, -0.05) is 19.1 Å². The molecule has 2 rings (SSSR count). The number of nitrogens with two attached hydrogens (primary N) is 1. The maximum absolute atomic E-state index is 5.77. The summed E-state index contributed by atoms with van der Waals surface area (Å²) >= 11 is 0. The summed E-state index contributed by atoms with van der Waals surface area (Å²) in [5.41, 5.74) is 8.80. The van der Waals surface area contributed by atoms with Crippen LogP contribution in [-0.4, -0.2) is 6.21 Å². The van der Waals surface area contributed by atoms with Gasteiger partial charge in [0.25, 0.3) is 0 Å². The van der Waals surface area contributed by atoms with E-state index < -0.39 is 0 Å². The van der Waals surface area contributed by atoms with Crippen molar-refractivity contribution in [3.05, 3.63) is 23.8 Å². The third-order valence-electron chi connectivity index (χ3n) is 2.15. The number of nitrogen functional groups attached to an aromatic ring is 1. The second-order valence-corrected chi connectivity index (χ2v) is 3.31. The van der Waals surface area contributed by atoms with Gasteiger partial charge in [0.2, 0.25) is 0 Å². The lowest BCUT2D eigenvalue weighted by Gasteiger charge is -2.15. The third-order valence-corrected chi connectivity index (χ3v) is 2.15. The van der Waals surface area contributed by atoms with Crippen molar-refractivity contribution in [3.8, 4) is 0 Å². The van der Waals surface area contributed by atoms with E-state index in [4.69, 9.17) is 5.73 Å². The van der Waals surface area contributed by atoms with Crippen molar-refractivity contribution in [3.63, 3.8) is 0 Å². The van der Waals surface area contributed by atoms with Gasteiger partial charge in [-0.3, -0.25) is 4.99 Å². The van der Waals surface area contributed by atoms with Crippen LogP contribution in [0.4, 0.5) is 11.4 Å². The summed E-state index contributed by atoms with van der Waals surface area (Å²) in [7, 11) is 0. The molecule has 0 saturated carbocycles. The molecule has 0 fully saturated rings. The summed E-state index contributed by atoms with van der Waals surface area (Å²) in [6, 6.07) is 5.98. The van der Waals surface area contributed by atoms with Gasteiger partial charge in [-0.25, -0.2) is 0 Å². The molecule has 62 valence electrons. The minimum Gasteiger partial charge on any atom is -0.397 e. The van der Waals surface area contributed by atoms with Crippen LogP contribution in [-0.2, 0) is 6.42 Å². The third kappa shape index (κ3) is 1.09. The maximum Gasteiger partial charge on any atom is 0.0887 e. The Labute approximate surface area is 72.1 Å². The molecule has 1 aliphatic heterocycles. The summed E-state index contributed by atoms with van der Waals surface area (Å²) in [5.74, 6) is 0.541. The van der Waals surface area contributed by atoms with Gasteiger partial charge < -0.3 is 5.73 Å². The van der Waals surface area contributed by atoms with E-state index in [2.05, 4.69) is 18.0 Å². The van der Waals surface area contributed by atoms with E-state index in [1.807, 2.05) is 18.3 Å². The highest BCUT2D eigenvalue weighted by Crippen LogP contribution is 2.31. The average Bonchev–Trinajstić information content (AvgIpc) is 2.04. The van der Waals surface area contributed by atoms with E-state index in [9.17, 15) is 0 Å². The Hall–Kier alpha value is -1.31. The Bertz CT molecular complexity index is 329. The monoisotopic (exact) mass is 160 g/mol. The molecule has 12 heavy (non-hydrogen) atoms. The molecule has 1 aliphatic rings. The largest absolute Gasteiger partial charge is 0.397 e. The molecule has 0 spiro atoms. The van der Waals surface area contributed by atoms with Gasteiger partial charge in [0.1, 0.15) is 0 Å². The molecule has 0 aromatic heterocycles. The second kappa shape index (κ2) is 2.63. The van der Waals surface area contributed by atoms with Crippen LogP contribution < -0.4 is 5.73 Å². The number of rotatable bonds is 0. The van der Waals surface area contributed by atoms with Crippen LogP contribution >= 0.6 is 0 Å². The highest BCUT2D eigenvalue weighted by Gasteiger charge is 2.12. The molecule has 0 bridgehead atoms. The maximum atomic E-state index is 5.77. The number of nitrogens with zero attached hydrogens (tertiary/aromatic N) is 1. The Kier molecular flexibility index (Phi) is 1.61. The zero-order valence-electron chi connectivity index (χ0n) is 7.12. The van der Waals surface area contributed by atoms with Gasteiger partial charge in [-0.05, 0) is 24.0 Å². The molecular formula is C10H12N2. The molecule has 1 aromatic carbocycles. The fourth-order valence-corrected chi connectivity index (χ4v) is 1.53. The van der Waals surface area contributed by atoms with Crippen molar-refractivity contribution < 1.29 is 0 Å². The lowest BCUT2D eigenvalue weighted by Crippen LogP contribution is -2.06. The number of hydrogen-bond donors (Lipinski definition) is 1. The standard InChI is InChI=1S/C10H12N2/c1-7-5-8-3-2-4-9(11)10(8)12-6-7/h2-4,6-7H,5,11H2,1H3. The van der Waals surface area contributed by atoms with Gasteiger partial charge in [-0.2, -0.15) is 0 Å². The minimum atomic E-state index is 0.541. The highest BCUT2D eigenvalue weighted by molar-refractivity contribution is 5.77. The van der Waals surface area contributed by atoms with Crippen LogP contribution in [0.3, 0.4) is 0 Å². The van der Waals surface area contributed by atoms with Crippen LogP contribution in [0.15, 0.2) is 23.2 Å². The minimum absolute atomic E-state index is 0.541. The van der Waals surface area contributed by atoms with E-state index in [1.54, 1.807) is 0 Å². The molecule has 2 nitrogen and oxygen atoms in total. The van der Waals surface area contributed by atoms with E-state index in [0.717, 1.165) is 17.8 Å². The number of fused-ring (bicyclic) bond motifs is 1. The predicted octanol–water partition coefficient (Wildman–Crippen LogP) is 2.16. The van der Waals surface area contributed by atoms with Crippen LogP contribution in [0.1, 0.15) is 12.5 Å². The van der Waals surface area contributed by atoms with Crippen LogP contribution in [0.25, 0.3) is 0 Å². The summed E-state index contributed by atoms with van der Waals surface area (Å²) in [5, 5.41) is 0. The summed E-state index contributed by atoms with van der Waals surface area (Å²) in [6.07, 6.45) is 3.03. The number of aliphatic imine (C=N–C) groups is 1. The van der Waals surface area contributed by atoms with Gasteiger partial charge in [0, 0.05) is 6.21 Å². The number of para-hydroxylation sites is 1. The SMILES string of the molecule is CC1C=Nc2c(N)cccc2C1. The number of hydrogen-bond acceptors (Lipinski definition) is 2. The van der Waals surface area contributed by atoms with E-state index in [1.165, 1.54) is 5.56 Å². The topological polar surface area (TPSA) is 38.4 Å². The lowest BCUT2D eigenvalue weighted by atomic mass is 9.97. The molecule has 1 atom stereocenters. The van der Waals surface area contributed by atoms with Crippen molar-refractivity contribution in [1.29, 1.82) is 0 Å². The highest BCUT2D eigenvalue weighted by atomic mass is 14.8. The smallest absolute Gasteiger partial charge is 0.0887 e. The Balaban J connectivity index is 2.53. The van der Waals surface area contributed by atoms with Crippen molar-refractivity contribution in [1.82, 2.24) is 0 Å². The Morgan fingerprint density at radius 1 is 1.50 bits per heavy atom. The van der Waals surface area contributed by atoms with Crippen molar-refractivity contribution in [2.24, 2.45) is 10.9 Å². The summed E-state index contributed by atoms with van der Waals surface area (Å²) in [6.45, 7) is 2.16. The van der Waals surface area contributed by atoms with Crippen LogP contribution in [0.5, 0.6) is 0 Å². The molecule has 2 N–H and O–H groups in total. The molecule has 0 aliphatic carbocycles. The Morgan fingerprint density at radius 2 is 2.33 bits per heavy atom. The zero-order chi connectivity index (χ0) is 8.55. The quantitative estimate of drug-likeness (QED) is 0.580. The lowest BCUT2D eigenvalue weighted by molar-refractivity contribution is 0.772. The van der Waals surface area contributed by atoms with Crippen molar-refractivity contribution >= 4 is 17.6 Å². The molecule has 1 unspecified atom stereocenters. The summed E-state index contributed by atoms with van der Waals surface area (Å²) in [4.78, 5) is 4.32. The number of anilines is 1. The normalized spacial score (nSPS) is 20.6. The molecule has 2 heteroatoms. The first-order valence-corrected chi connectivity index (χ1v) is 4.19. The van der Waals surface area contributed by atoms with E-state index in [0.29, 0.717) is 5.92 Å². The summed E-state index contributed by atoms with van der Waals surface area (Å²) < 4.78 is 0. The van der Waals surface area contributed by atoms with Crippen LogP contribution in [0, 0.1) is 5.92 Å². The van der Waals surface area contributed by atoms with Gasteiger partial charge >= 0.3 is 0 Å². The fraction of sp³-hybridized carbons (Fsp3) is 0.300. The molecule has 0 radical (unpaired) electrons. The molecule has 0 saturated heterocycles. The molecular weight excluding hydrogens is 148 g/mol. The molecule has 1 heterocycles. The Morgan fingerprint density at radius 3 is 3.17 bits per heavy atom. The number of benzene rings is 1. The molecule has 0 amide bonds. The first-order valence-electron chi connectivity index (χ1n) is 4.19. The van der Waals surface area contributed by atoms with Crippen LogP contribution in [0.2, 0.25) is 0 Å². The van der Waals surface area contributed by atoms with E-state index >= 15 is 0 Å². The van der Waals surface area contributed by atoms with Crippen molar-refractivity contribution in [2.45, 2.75) is 13.3 Å². The predicted molar refractivity (Wildman–Crippen MR) is 51.9 cm³/mol. The van der Waals surface area contributed by atoms with E-state index in [-0.39, 0.29) is 0 Å². The second-order valence-electron chi connectivity index (χ2n) is 3.31.